The van der Waals surface area contributed by atoms with E-state index >= 15 is 0 Å². The number of carboxylic acids is 1. The molecule has 1 heterocycles. The number of carbonyl (C=O) groups is 5. The Bertz CT molecular complexity index is 522. The summed E-state index contributed by atoms with van der Waals surface area (Å²) in [5.41, 5.74) is 0. The van der Waals surface area contributed by atoms with Gasteiger partial charge in [-0.05, 0) is 19.8 Å². The van der Waals surface area contributed by atoms with Gasteiger partial charge in [0.2, 0.25) is 5.91 Å². The van der Waals surface area contributed by atoms with E-state index in [1.807, 2.05) is 0 Å². The fraction of sp³-hybridized carbons (Fsp3) is 0.533. The maximum atomic E-state index is 11.7. The van der Waals surface area contributed by atoms with Gasteiger partial charge in [-0.2, -0.15) is 0 Å². The highest BCUT2D eigenvalue weighted by atomic mass is 16.4. The van der Waals surface area contributed by atoms with Crippen molar-refractivity contribution < 1.29 is 29.1 Å². The number of nitrogens with zero attached hydrogens (tertiary/aromatic N) is 1. The van der Waals surface area contributed by atoms with E-state index in [9.17, 15) is 24.0 Å². The highest BCUT2D eigenvalue weighted by Crippen LogP contribution is 2.08. The van der Waals surface area contributed by atoms with Crippen LogP contribution in [0.4, 0.5) is 0 Å². The summed E-state index contributed by atoms with van der Waals surface area (Å²) in [6.45, 7) is 1.54. The van der Waals surface area contributed by atoms with Gasteiger partial charge in [-0.3, -0.25) is 28.9 Å². The number of ketones is 1. The summed E-state index contributed by atoms with van der Waals surface area (Å²) < 4.78 is 0. The van der Waals surface area contributed by atoms with E-state index in [2.05, 4.69) is 5.32 Å². The van der Waals surface area contributed by atoms with Crippen LogP contribution in [0.15, 0.2) is 12.2 Å². The third-order valence-corrected chi connectivity index (χ3v) is 3.39. The van der Waals surface area contributed by atoms with Gasteiger partial charge in [-0.1, -0.05) is 6.42 Å². The molecule has 0 unspecified atom stereocenters. The zero-order valence-electron chi connectivity index (χ0n) is 12.9. The molecule has 0 aromatic heterocycles. The first-order valence-corrected chi connectivity index (χ1v) is 7.36. The van der Waals surface area contributed by atoms with Crippen LogP contribution in [0.2, 0.25) is 0 Å². The zero-order chi connectivity index (χ0) is 17.4. The Kier molecular flexibility index (Phi) is 7.11. The number of carbonyl (C=O) groups excluding carboxylic acids is 4. The Morgan fingerprint density at radius 1 is 1.13 bits per heavy atom. The first kappa shape index (κ1) is 18.5. The molecule has 0 bridgehead atoms. The average Bonchev–Trinajstić information content (AvgIpc) is 2.77. The van der Waals surface area contributed by atoms with Crippen LogP contribution in [0.3, 0.4) is 0 Å². The number of rotatable bonds is 10. The fourth-order valence-electron chi connectivity index (χ4n) is 2.12. The first-order valence-electron chi connectivity index (χ1n) is 7.36. The monoisotopic (exact) mass is 324 g/mol. The summed E-state index contributed by atoms with van der Waals surface area (Å²) in [7, 11) is 0. The van der Waals surface area contributed by atoms with E-state index in [0.717, 1.165) is 4.90 Å². The summed E-state index contributed by atoms with van der Waals surface area (Å²) in [6.07, 6.45) is 3.90. The Labute approximate surface area is 133 Å². The highest BCUT2D eigenvalue weighted by molar-refractivity contribution is 6.12. The summed E-state index contributed by atoms with van der Waals surface area (Å²) in [5, 5.41) is 11.1. The van der Waals surface area contributed by atoms with E-state index in [0.29, 0.717) is 25.8 Å². The molecule has 8 nitrogen and oxygen atoms in total. The molecule has 0 aliphatic carbocycles. The second-order valence-corrected chi connectivity index (χ2v) is 5.30. The molecule has 1 aliphatic rings. The number of Topliss-reactive ketones (excluding diaryl/α,β-unsaturated/α-hetero) is 1. The Morgan fingerprint density at radius 2 is 1.74 bits per heavy atom. The molecular weight excluding hydrogens is 304 g/mol. The number of aliphatic carboxylic acids is 1. The van der Waals surface area contributed by atoms with Crippen molar-refractivity contribution in [3.05, 3.63) is 12.2 Å². The lowest BCUT2D eigenvalue weighted by molar-refractivity contribution is -0.140. The molecule has 8 heteroatoms. The van der Waals surface area contributed by atoms with E-state index in [1.165, 1.54) is 19.1 Å². The molecule has 23 heavy (non-hydrogen) atoms. The minimum absolute atomic E-state index is 0.156. The van der Waals surface area contributed by atoms with Gasteiger partial charge in [0.25, 0.3) is 11.8 Å². The summed E-state index contributed by atoms with van der Waals surface area (Å²) in [4.78, 5) is 57.3. The van der Waals surface area contributed by atoms with Crippen molar-refractivity contribution in [1.29, 1.82) is 0 Å². The van der Waals surface area contributed by atoms with Gasteiger partial charge in [-0.25, -0.2) is 0 Å². The number of amides is 3. The molecule has 3 amide bonds. The number of unbranched alkanes of at least 4 members (excludes halogenated alkanes) is 2. The fourth-order valence-corrected chi connectivity index (χ4v) is 2.12. The predicted octanol–water partition coefficient (Wildman–Crippen LogP) is 0.0203. The maximum Gasteiger partial charge on any atom is 0.305 e. The van der Waals surface area contributed by atoms with E-state index in [4.69, 9.17) is 5.11 Å². The van der Waals surface area contributed by atoms with E-state index < -0.39 is 24.2 Å². The topological polar surface area (TPSA) is 121 Å². The predicted molar refractivity (Wildman–Crippen MR) is 79.2 cm³/mol. The zero-order valence-corrected chi connectivity index (χ0v) is 12.9. The van der Waals surface area contributed by atoms with Gasteiger partial charge < -0.3 is 10.4 Å². The van der Waals surface area contributed by atoms with Crippen LogP contribution in [-0.2, 0) is 24.0 Å². The second kappa shape index (κ2) is 8.82. The van der Waals surface area contributed by atoms with Crippen molar-refractivity contribution in [2.45, 2.75) is 45.1 Å². The average molecular weight is 324 g/mol. The molecule has 2 N–H and O–H groups in total. The van der Waals surface area contributed by atoms with Gasteiger partial charge in [0.1, 0.15) is 0 Å². The summed E-state index contributed by atoms with van der Waals surface area (Å²) in [6, 6.07) is -1.01. The van der Waals surface area contributed by atoms with Gasteiger partial charge in [0, 0.05) is 25.1 Å². The number of hydrogen-bond acceptors (Lipinski definition) is 5. The third kappa shape index (κ3) is 6.41. The lowest BCUT2D eigenvalue weighted by atomic mass is 10.1. The van der Waals surface area contributed by atoms with Crippen molar-refractivity contribution in [3.63, 3.8) is 0 Å². The molecule has 0 aromatic rings. The van der Waals surface area contributed by atoms with Crippen LogP contribution in [0, 0.1) is 0 Å². The van der Waals surface area contributed by atoms with Crippen molar-refractivity contribution in [1.82, 2.24) is 10.2 Å². The molecular formula is C15H20N2O6. The smallest absolute Gasteiger partial charge is 0.305 e. The normalized spacial score (nSPS) is 14.9. The van der Waals surface area contributed by atoms with Crippen LogP contribution >= 0.6 is 0 Å². The molecule has 0 radical (unpaired) electrons. The van der Waals surface area contributed by atoms with Crippen molar-refractivity contribution in [2.75, 3.05) is 6.54 Å². The Morgan fingerprint density at radius 3 is 2.26 bits per heavy atom. The quantitative estimate of drug-likeness (QED) is 0.432. The van der Waals surface area contributed by atoms with Crippen LogP contribution in [-0.4, -0.2) is 52.1 Å². The van der Waals surface area contributed by atoms with Crippen molar-refractivity contribution in [3.8, 4) is 0 Å². The van der Waals surface area contributed by atoms with Crippen LogP contribution in [0.25, 0.3) is 0 Å². The number of imide groups is 1. The molecule has 0 saturated carbocycles. The Hall–Kier alpha value is -2.51. The number of hydrogen-bond donors (Lipinski definition) is 2. The molecule has 0 spiro atoms. The van der Waals surface area contributed by atoms with E-state index in [-0.39, 0.29) is 24.1 Å². The van der Waals surface area contributed by atoms with Crippen LogP contribution < -0.4 is 5.32 Å². The number of carboxylic acid groups (broad SMARTS) is 1. The van der Waals surface area contributed by atoms with Gasteiger partial charge in [-0.15, -0.1) is 0 Å². The standard InChI is InChI=1S/C15H20N2O6/c1-10(18)11(9-15(22)23)16-12(19)5-3-2-4-8-17-13(20)6-7-14(17)21/h6-7,11H,2-5,8-9H2,1H3,(H,16,19)(H,22,23)/t11-/m0/s1. The minimum Gasteiger partial charge on any atom is -0.481 e. The number of nitrogens with one attached hydrogen (secondary N) is 1. The van der Waals surface area contributed by atoms with Gasteiger partial charge >= 0.3 is 5.97 Å². The summed E-state index contributed by atoms with van der Waals surface area (Å²) >= 11 is 0. The molecule has 126 valence electrons. The molecule has 0 aromatic carbocycles. The van der Waals surface area contributed by atoms with Crippen LogP contribution in [0.1, 0.15) is 39.0 Å². The van der Waals surface area contributed by atoms with Gasteiger partial charge in [0.15, 0.2) is 5.78 Å². The SMILES string of the molecule is CC(=O)[C@H](CC(=O)O)NC(=O)CCCCCN1C(=O)C=CC1=O. The van der Waals surface area contributed by atoms with Gasteiger partial charge in [0.05, 0.1) is 12.5 Å². The third-order valence-electron chi connectivity index (χ3n) is 3.39. The second-order valence-electron chi connectivity index (χ2n) is 5.30. The first-order chi connectivity index (χ1) is 10.8. The molecule has 0 saturated heterocycles. The maximum absolute atomic E-state index is 11.7. The Balaban J connectivity index is 2.21. The van der Waals surface area contributed by atoms with Crippen molar-refractivity contribution in [2.24, 2.45) is 0 Å². The highest BCUT2D eigenvalue weighted by Gasteiger charge is 2.22. The molecule has 0 fully saturated rings. The summed E-state index contributed by atoms with van der Waals surface area (Å²) in [5.74, 6) is -2.60. The minimum atomic E-state index is -1.15. The molecule has 1 rings (SSSR count). The van der Waals surface area contributed by atoms with Crippen molar-refractivity contribution >= 4 is 29.5 Å². The molecule has 1 aliphatic heterocycles. The van der Waals surface area contributed by atoms with E-state index in [1.54, 1.807) is 0 Å². The van der Waals surface area contributed by atoms with Crippen LogP contribution in [0.5, 0.6) is 0 Å². The molecule has 1 atom stereocenters. The largest absolute Gasteiger partial charge is 0.481 e. The lowest BCUT2D eigenvalue weighted by Gasteiger charge is -2.14. The lowest BCUT2D eigenvalue weighted by Crippen LogP contribution is -2.41.